The summed E-state index contributed by atoms with van der Waals surface area (Å²) in [5, 5.41) is 0.739. The quantitative estimate of drug-likeness (QED) is 0.902. The van der Waals surface area contributed by atoms with Crippen molar-refractivity contribution in [3.8, 4) is 5.75 Å². The van der Waals surface area contributed by atoms with Gasteiger partial charge in [-0.1, -0.05) is 24.9 Å². The first-order valence-corrected chi connectivity index (χ1v) is 7.43. The van der Waals surface area contributed by atoms with E-state index in [0.717, 1.165) is 43.2 Å². The Morgan fingerprint density at radius 3 is 2.79 bits per heavy atom. The molecule has 0 bridgehead atoms. The van der Waals surface area contributed by atoms with Crippen LogP contribution in [0.1, 0.15) is 19.8 Å². The molecule has 0 aliphatic carbocycles. The highest BCUT2D eigenvalue weighted by molar-refractivity contribution is 6.30. The molecule has 106 valence electrons. The van der Waals surface area contributed by atoms with Crippen LogP contribution in [0.25, 0.3) is 0 Å². The minimum Gasteiger partial charge on any atom is -0.492 e. The first-order valence-electron chi connectivity index (χ1n) is 7.05. The van der Waals surface area contributed by atoms with Gasteiger partial charge in [0.2, 0.25) is 0 Å². The number of hydrogen-bond acceptors (Lipinski definition) is 3. The fourth-order valence-electron chi connectivity index (χ4n) is 2.58. The van der Waals surface area contributed by atoms with E-state index in [1.54, 1.807) is 0 Å². The molecule has 0 spiro atoms. The molecule has 1 aromatic rings. The zero-order valence-corrected chi connectivity index (χ0v) is 12.3. The Labute approximate surface area is 120 Å². The van der Waals surface area contributed by atoms with E-state index in [0.29, 0.717) is 18.6 Å². The van der Waals surface area contributed by atoms with Crippen molar-refractivity contribution in [3.63, 3.8) is 0 Å². The molecular weight excluding hydrogens is 260 g/mol. The topological polar surface area (TPSA) is 38.5 Å². The number of halogens is 1. The second-order valence-electron chi connectivity index (χ2n) is 5.22. The van der Waals surface area contributed by atoms with Gasteiger partial charge in [-0.3, -0.25) is 4.90 Å². The lowest BCUT2D eigenvalue weighted by atomic mass is 9.91. The van der Waals surface area contributed by atoms with Gasteiger partial charge in [0.15, 0.2) is 0 Å². The molecule has 0 aromatic heterocycles. The van der Waals surface area contributed by atoms with Crippen LogP contribution in [0.3, 0.4) is 0 Å². The molecular formula is C15H23ClN2O. The van der Waals surface area contributed by atoms with Crippen LogP contribution < -0.4 is 10.5 Å². The van der Waals surface area contributed by atoms with Gasteiger partial charge in [0.1, 0.15) is 12.4 Å². The summed E-state index contributed by atoms with van der Waals surface area (Å²) in [6, 6.07) is 7.89. The molecule has 1 heterocycles. The van der Waals surface area contributed by atoms with Crippen molar-refractivity contribution >= 4 is 11.6 Å². The largest absolute Gasteiger partial charge is 0.492 e. The standard InChI is InChI=1S/C15H23ClN2O/c1-2-12-11-18(8-7-15(12)17)9-10-19-14-5-3-13(16)4-6-14/h3-6,12,15H,2,7-11,17H2,1H3. The first-order chi connectivity index (χ1) is 9.19. The number of nitrogens with two attached hydrogens (primary N) is 1. The van der Waals surface area contributed by atoms with E-state index in [4.69, 9.17) is 22.1 Å². The molecule has 2 rings (SSSR count). The molecule has 3 nitrogen and oxygen atoms in total. The third kappa shape index (κ3) is 4.37. The third-order valence-corrected chi connectivity index (χ3v) is 4.14. The maximum absolute atomic E-state index is 6.12. The first kappa shape index (κ1) is 14.6. The van der Waals surface area contributed by atoms with E-state index in [2.05, 4.69) is 11.8 Å². The second kappa shape index (κ2) is 7.13. The van der Waals surface area contributed by atoms with Crippen LogP contribution in [0.4, 0.5) is 0 Å². The summed E-state index contributed by atoms with van der Waals surface area (Å²) in [4.78, 5) is 2.45. The second-order valence-corrected chi connectivity index (χ2v) is 5.66. The molecule has 0 amide bonds. The molecule has 1 aliphatic rings. The van der Waals surface area contributed by atoms with Crippen LogP contribution in [0.15, 0.2) is 24.3 Å². The Bertz CT molecular complexity index is 382. The Kier molecular flexibility index (Phi) is 5.49. The zero-order chi connectivity index (χ0) is 13.7. The normalized spacial score (nSPS) is 24.4. The lowest BCUT2D eigenvalue weighted by molar-refractivity contribution is 0.130. The smallest absolute Gasteiger partial charge is 0.119 e. The van der Waals surface area contributed by atoms with Gasteiger partial charge >= 0.3 is 0 Å². The Hall–Kier alpha value is -0.770. The summed E-state index contributed by atoms with van der Waals surface area (Å²) in [5.41, 5.74) is 6.12. The van der Waals surface area contributed by atoms with Crippen molar-refractivity contribution in [1.82, 2.24) is 4.90 Å². The number of ether oxygens (including phenoxy) is 1. The van der Waals surface area contributed by atoms with Crippen molar-refractivity contribution in [2.75, 3.05) is 26.2 Å². The van der Waals surface area contributed by atoms with Crippen LogP contribution >= 0.6 is 11.6 Å². The van der Waals surface area contributed by atoms with Gasteiger partial charge in [0.25, 0.3) is 0 Å². The summed E-state index contributed by atoms with van der Waals surface area (Å²) >= 11 is 5.84. The lowest BCUT2D eigenvalue weighted by Gasteiger charge is -2.36. The molecule has 1 fully saturated rings. The fraction of sp³-hybridized carbons (Fsp3) is 0.600. The number of benzene rings is 1. The minimum absolute atomic E-state index is 0.374. The molecule has 19 heavy (non-hydrogen) atoms. The van der Waals surface area contributed by atoms with Crippen LogP contribution in [-0.4, -0.2) is 37.2 Å². The molecule has 1 aromatic carbocycles. The number of hydrogen-bond donors (Lipinski definition) is 1. The highest BCUT2D eigenvalue weighted by atomic mass is 35.5. The highest BCUT2D eigenvalue weighted by Gasteiger charge is 2.24. The van der Waals surface area contributed by atoms with Gasteiger partial charge < -0.3 is 10.5 Å². The monoisotopic (exact) mass is 282 g/mol. The number of piperidine rings is 1. The minimum atomic E-state index is 0.374. The number of rotatable bonds is 5. The molecule has 0 radical (unpaired) electrons. The van der Waals surface area contributed by atoms with Crippen molar-refractivity contribution < 1.29 is 4.74 Å². The van der Waals surface area contributed by atoms with Crippen molar-refractivity contribution in [2.24, 2.45) is 11.7 Å². The van der Waals surface area contributed by atoms with E-state index in [9.17, 15) is 0 Å². The Morgan fingerprint density at radius 1 is 1.37 bits per heavy atom. The Balaban J connectivity index is 1.72. The van der Waals surface area contributed by atoms with Crippen LogP contribution in [0.5, 0.6) is 5.75 Å². The summed E-state index contributed by atoms with van der Waals surface area (Å²) < 4.78 is 5.73. The van der Waals surface area contributed by atoms with Crippen LogP contribution in [0, 0.1) is 5.92 Å². The summed E-state index contributed by atoms with van der Waals surface area (Å²) in [6.07, 6.45) is 2.26. The maximum atomic E-state index is 6.12. The van der Waals surface area contributed by atoms with Crippen molar-refractivity contribution in [3.05, 3.63) is 29.3 Å². The van der Waals surface area contributed by atoms with Gasteiger partial charge in [-0.2, -0.15) is 0 Å². The number of likely N-dealkylation sites (tertiary alicyclic amines) is 1. The zero-order valence-electron chi connectivity index (χ0n) is 11.5. The predicted octanol–water partition coefficient (Wildman–Crippen LogP) is 2.78. The average Bonchev–Trinajstić information content (AvgIpc) is 2.43. The van der Waals surface area contributed by atoms with Gasteiger partial charge in [-0.15, -0.1) is 0 Å². The molecule has 2 atom stereocenters. The van der Waals surface area contributed by atoms with Crippen LogP contribution in [-0.2, 0) is 0 Å². The average molecular weight is 283 g/mol. The lowest BCUT2D eigenvalue weighted by Crippen LogP contribution is -2.47. The SMILES string of the molecule is CCC1CN(CCOc2ccc(Cl)cc2)CCC1N. The van der Waals surface area contributed by atoms with E-state index in [1.165, 1.54) is 0 Å². The van der Waals surface area contributed by atoms with Gasteiger partial charge in [-0.25, -0.2) is 0 Å². The summed E-state index contributed by atoms with van der Waals surface area (Å²) in [5.74, 6) is 1.51. The van der Waals surface area contributed by atoms with Gasteiger partial charge in [0.05, 0.1) is 0 Å². The molecule has 2 N–H and O–H groups in total. The third-order valence-electron chi connectivity index (χ3n) is 3.89. The van der Waals surface area contributed by atoms with E-state index < -0.39 is 0 Å². The Morgan fingerprint density at radius 2 is 2.11 bits per heavy atom. The van der Waals surface area contributed by atoms with Crippen molar-refractivity contribution in [2.45, 2.75) is 25.8 Å². The van der Waals surface area contributed by atoms with Gasteiger partial charge in [0, 0.05) is 24.2 Å². The van der Waals surface area contributed by atoms with Crippen molar-refractivity contribution in [1.29, 1.82) is 0 Å². The van der Waals surface area contributed by atoms with Crippen LogP contribution in [0.2, 0.25) is 5.02 Å². The maximum Gasteiger partial charge on any atom is 0.119 e. The fourth-order valence-corrected chi connectivity index (χ4v) is 2.71. The molecule has 1 saturated heterocycles. The molecule has 4 heteroatoms. The summed E-state index contributed by atoms with van der Waals surface area (Å²) in [7, 11) is 0. The predicted molar refractivity (Wildman–Crippen MR) is 79.8 cm³/mol. The van der Waals surface area contributed by atoms with Gasteiger partial charge in [-0.05, 0) is 43.1 Å². The number of nitrogens with zero attached hydrogens (tertiary/aromatic N) is 1. The van der Waals surface area contributed by atoms with E-state index >= 15 is 0 Å². The molecule has 2 unspecified atom stereocenters. The van der Waals surface area contributed by atoms with E-state index in [-0.39, 0.29) is 0 Å². The molecule has 0 saturated carbocycles. The highest BCUT2D eigenvalue weighted by Crippen LogP contribution is 2.19. The van der Waals surface area contributed by atoms with E-state index in [1.807, 2.05) is 24.3 Å². The molecule has 1 aliphatic heterocycles. The summed E-state index contributed by atoms with van der Waals surface area (Å²) in [6.45, 7) is 6.08.